The lowest BCUT2D eigenvalue weighted by Gasteiger charge is -2.10. The molecule has 0 heterocycles. The molecule has 0 aliphatic carbocycles. The van der Waals surface area contributed by atoms with Gasteiger partial charge in [-0.1, -0.05) is 56.7 Å². The van der Waals surface area contributed by atoms with Gasteiger partial charge in [-0.05, 0) is 30.4 Å². The van der Waals surface area contributed by atoms with Crippen molar-refractivity contribution in [3.05, 3.63) is 41.0 Å². The van der Waals surface area contributed by atoms with Crippen LogP contribution in [0.4, 0.5) is 0 Å². The summed E-state index contributed by atoms with van der Waals surface area (Å²) < 4.78 is 0. The van der Waals surface area contributed by atoms with E-state index in [1.807, 2.05) is 0 Å². The van der Waals surface area contributed by atoms with Gasteiger partial charge in [0.1, 0.15) is 0 Å². The molecule has 0 aromatic heterocycles. The van der Waals surface area contributed by atoms with E-state index in [0.717, 1.165) is 6.42 Å². The number of hydrogen-bond donors (Lipinski definition) is 0. The summed E-state index contributed by atoms with van der Waals surface area (Å²) in [5, 5.41) is 0. The van der Waals surface area contributed by atoms with E-state index < -0.39 is 0 Å². The first-order valence-corrected chi connectivity index (χ1v) is 5.42. The maximum atomic E-state index is 2.27. The summed E-state index contributed by atoms with van der Waals surface area (Å²) in [6, 6.07) is 6.70. The minimum atomic E-state index is 0.604. The maximum absolute atomic E-state index is 2.27. The number of allylic oxidation sites excluding steroid dienone is 1. The Kier molecular flexibility index (Phi) is 3.94. The van der Waals surface area contributed by atoms with Gasteiger partial charge >= 0.3 is 0 Å². The van der Waals surface area contributed by atoms with Crippen LogP contribution in [0.15, 0.2) is 24.3 Å². The highest BCUT2D eigenvalue weighted by molar-refractivity contribution is 5.55. The van der Waals surface area contributed by atoms with Crippen LogP contribution in [0.2, 0.25) is 0 Å². The van der Waals surface area contributed by atoms with E-state index in [-0.39, 0.29) is 0 Å². The summed E-state index contributed by atoms with van der Waals surface area (Å²) in [5.41, 5.74) is 4.16. The first kappa shape index (κ1) is 11.0. The highest BCUT2D eigenvalue weighted by atomic mass is 14.1. The van der Waals surface area contributed by atoms with Crippen molar-refractivity contribution < 1.29 is 0 Å². The smallest absolute Gasteiger partial charge is 0.0213 e. The normalized spacial score (nSPS) is 11.5. The van der Waals surface area contributed by atoms with Crippen LogP contribution in [-0.4, -0.2) is 0 Å². The average Bonchev–Trinajstić information content (AvgIpc) is 2.14. The highest BCUT2D eigenvalue weighted by Gasteiger charge is 2.03. The molecule has 0 atom stereocenters. The SMILES string of the molecule is CCC=Cc1cc(C)ccc1C(C)C. The maximum Gasteiger partial charge on any atom is -0.0213 e. The third-order valence-corrected chi connectivity index (χ3v) is 2.40. The standard InChI is InChI=1S/C14H20/c1-5-6-7-13-10-12(4)8-9-14(13)11(2)3/h6-11H,5H2,1-4H3. The van der Waals surface area contributed by atoms with Crippen molar-refractivity contribution in [1.29, 1.82) is 0 Å². The predicted molar refractivity (Wildman–Crippen MR) is 64.6 cm³/mol. The third-order valence-electron chi connectivity index (χ3n) is 2.40. The number of benzene rings is 1. The zero-order valence-electron chi connectivity index (χ0n) is 9.67. The van der Waals surface area contributed by atoms with Crippen LogP contribution < -0.4 is 0 Å². The lowest BCUT2D eigenvalue weighted by Crippen LogP contribution is -1.92. The van der Waals surface area contributed by atoms with Crippen molar-refractivity contribution in [3.63, 3.8) is 0 Å². The number of hydrogen-bond acceptors (Lipinski definition) is 0. The molecule has 0 fully saturated rings. The van der Waals surface area contributed by atoms with Gasteiger partial charge in [0.05, 0.1) is 0 Å². The molecule has 0 saturated carbocycles. The largest absolute Gasteiger partial charge is 0.0842 e. The Labute approximate surface area is 87.7 Å². The molecule has 0 heteroatoms. The minimum absolute atomic E-state index is 0.604. The van der Waals surface area contributed by atoms with Crippen molar-refractivity contribution in [1.82, 2.24) is 0 Å². The highest BCUT2D eigenvalue weighted by Crippen LogP contribution is 2.21. The summed E-state index contributed by atoms with van der Waals surface area (Å²) in [6.45, 7) is 8.80. The molecule has 1 rings (SSSR count). The fraction of sp³-hybridized carbons (Fsp3) is 0.429. The molecule has 0 saturated heterocycles. The number of rotatable bonds is 3. The van der Waals surface area contributed by atoms with E-state index in [9.17, 15) is 0 Å². The molecule has 0 N–H and O–H groups in total. The molecule has 1 aromatic rings. The first-order valence-electron chi connectivity index (χ1n) is 5.42. The average molecular weight is 188 g/mol. The lowest BCUT2D eigenvalue weighted by molar-refractivity contribution is 0.863. The monoisotopic (exact) mass is 188 g/mol. The second-order valence-corrected chi connectivity index (χ2v) is 4.10. The second-order valence-electron chi connectivity index (χ2n) is 4.10. The van der Waals surface area contributed by atoms with Crippen LogP contribution in [0.5, 0.6) is 0 Å². The molecule has 0 aliphatic rings. The Bertz CT molecular complexity index is 319. The molecule has 0 aliphatic heterocycles. The van der Waals surface area contributed by atoms with Crippen LogP contribution in [0, 0.1) is 6.92 Å². The van der Waals surface area contributed by atoms with Crippen molar-refractivity contribution in [2.24, 2.45) is 0 Å². The van der Waals surface area contributed by atoms with E-state index in [0.29, 0.717) is 5.92 Å². The Hall–Kier alpha value is -1.04. The van der Waals surface area contributed by atoms with Crippen molar-refractivity contribution >= 4 is 6.08 Å². The van der Waals surface area contributed by atoms with Gasteiger partial charge in [-0.25, -0.2) is 0 Å². The predicted octanol–water partition coefficient (Wildman–Crippen LogP) is 4.54. The first-order chi connectivity index (χ1) is 6.65. The Morgan fingerprint density at radius 1 is 1.29 bits per heavy atom. The molecule has 14 heavy (non-hydrogen) atoms. The van der Waals surface area contributed by atoms with E-state index in [2.05, 4.69) is 58.0 Å². The zero-order chi connectivity index (χ0) is 10.6. The molecule has 0 amide bonds. The molecule has 0 spiro atoms. The zero-order valence-corrected chi connectivity index (χ0v) is 9.67. The summed E-state index contributed by atoms with van der Waals surface area (Å²) in [7, 11) is 0. The van der Waals surface area contributed by atoms with Crippen LogP contribution in [0.3, 0.4) is 0 Å². The number of aryl methyl sites for hydroxylation is 1. The molecule has 0 bridgehead atoms. The van der Waals surface area contributed by atoms with Crippen LogP contribution in [0.25, 0.3) is 6.08 Å². The van der Waals surface area contributed by atoms with Crippen molar-refractivity contribution in [2.75, 3.05) is 0 Å². The Balaban J connectivity index is 3.09. The topological polar surface area (TPSA) is 0 Å². The summed E-state index contributed by atoms with van der Waals surface area (Å²) in [4.78, 5) is 0. The van der Waals surface area contributed by atoms with Crippen LogP contribution in [-0.2, 0) is 0 Å². The summed E-state index contributed by atoms with van der Waals surface area (Å²) in [6.07, 6.45) is 5.56. The van der Waals surface area contributed by atoms with Crippen LogP contribution >= 0.6 is 0 Å². The minimum Gasteiger partial charge on any atom is -0.0842 e. The Morgan fingerprint density at radius 2 is 2.00 bits per heavy atom. The fourth-order valence-electron chi connectivity index (χ4n) is 1.61. The van der Waals surface area contributed by atoms with Gasteiger partial charge in [0.25, 0.3) is 0 Å². The second kappa shape index (κ2) is 4.99. The van der Waals surface area contributed by atoms with E-state index in [1.54, 1.807) is 0 Å². The summed E-state index contributed by atoms with van der Waals surface area (Å²) in [5.74, 6) is 0.604. The Morgan fingerprint density at radius 3 is 2.57 bits per heavy atom. The van der Waals surface area contributed by atoms with Gasteiger partial charge in [-0.15, -0.1) is 0 Å². The lowest BCUT2D eigenvalue weighted by atomic mass is 9.95. The van der Waals surface area contributed by atoms with Gasteiger partial charge in [-0.3, -0.25) is 0 Å². The molecular weight excluding hydrogens is 168 g/mol. The van der Waals surface area contributed by atoms with Gasteiger partial charge in [0.15, 0.2) is 0 Å². The van der Waals surface area contributed by atoms with Gasteiger partial charge < -0.3 is 0 Å². The van der Waals surface area contributed by atoms with Crippen molar-refractivity contribution in [3.8, 4) is 0 Å². The third kappa shape index (κ3) is 2.73. The van der Waals surface area contributed by atoms with E-state index in [1.165, 1.54) is 16.7 Å². The molecular formula is C14H20. The van der Waals surface area contributed by atoms with Gasteiger partial charge in [-0.2, -0.15) is 0 Å². The molecule has 0 radical (unpaired) electrons. The fourth-order valence-corrected chi connectivity index (χ4v) is 1.61. The van der Waals surface area contributed by atoms with E-state index >= 15 is 0 Å². The molecule has 1 aromatic carbocycles. The van der Waals surface area contributed by atoms with Gasteiger partial charge in [0.2, 0.25) is 0 Å². The molecule has 76 valence electrons. The quantitative estimate of drug-likeness (QED) is 0.653. The van der Waals surface area contributed by atoms with E-state index in [4.69, 9.17) is 0 Å². The molecule has 0 nitrogen and oxygen atoms in total. The van der Waals surface area contributed by atoms with Crippen molar-refractivity contribution in [2.45, 2.75) is 40.0 Å². The molecule has 0 unspecified atom stereocenters. The summed E-state index contributed by atoms with van der Waals surface area (Å²) >= 11 is 0. The van der Waals surface area contributed by atoms with Gasteiger partial charge in [0, 0.05) is 0 Å². The van der Waals surface area contributed by atoms with Crippen LogP contribution in [0.1, 0.15) is 49.8 Å².